The molecule has 0 bridgehead atoms. The van der Waals surface area contributed by atoms with E-state index in [1.165, 1.54) is 38.2 Å². The highest BCUT2D eigenvalue weighted by molar-refractivity contribution is 14.1. The van der Waals surface area contributed by atoms with Gasteiger partial charge in [0.15, 0.2) is 5.78 Å². The van der Waals surface area contributed by atoms with Crippen LogP contribution in [-0.2, 0) is 10.0 Å². The molecule has 1 atom stereocenters. The zero-order valence-electron chi connectivity index (χ0n) is 19.8. The van der Waals surface area contributed by atoms with Crippen molar-refractivity contribution in [3.8, 4) is 0 Å². The van der Waals surface area contributed by atoms with Crippen molar-refractivity contribution in [2.45, 2.75) is 101 Å². The molecule has 0 spiro atoms. The number of carbonyl (C=O) groups is 1. The van der Waals surface area contributed by atoms with Gasteiger partial charge in [0.05, 0.1) is 11.0 Å². The van der Waals surface area contributed by atoms with Crippen molar-refractivity contribution < 1.29 is 18.3 Å². The second kappa shape index (κ2) is 17.4. The Morgan fingerprint density at radius 1 is 1.00 bits per heavy atom. The molecule has 7 heteroatoms. The molecule has 1 rings (SSSR count). The number of unbranched alkanes of at least 4 members (excludes halogenated alkanes) is 8. The number of benzene rings is 1. The number of sulfonamides is 1. The van der Waals surface area contributed by atoms with E-state index in [4.69, 9.17) is 5.14 Å². The van der Waals surface area contributed by atoms with Crippen LogP contribution in [0.3, 0.4) is 0 Å². The van der Waals surface area contributed by atoms with Gasteiger partial charge in [-0.25, -0.2) is 13.6 Å². The molecular formula is C26H40INO4S. The molecule has 0 saturated carbocycles. The largest absolute Gasteiger partial charge is 0.389 e. The Morgan fingerprint density at radius 2 is 1.61 bits per heavy atom. The Kier molecular flexibility index (Phi) is 15.8. The van der Waals surface area contributed by atoms with Crippen molar-refractivity contribution in [1.29, 1.82) is 0 Å². The van der Waals surface area contributed by atoms with Gasteiger partial charge in [0.1, 0.15) is 0 Å². The second-order valence-corrected chi connectivity index (χ2v) is 11.2. The van der Waals surface area contributed by atoms with Gasteiger partial charge in [-0.2, -0.15) is 0 Å². The maximum atomic E-state index is 12.5. The molecular weight excluding hydrogens is 549 g/mol. The van der Waals surface area contributed by atoms with Gasteiger partial charge in [-0.3, -0.25) is 4.79 Å². The minimum atomic E-state index is -3.91. The lowest BCUT2D eigenvalue weighted by molar-refractivity contribution is 0.0977. The lowest BCUT2D eigenvalue weighted by atomic mass is 10.0. The van der Waals surface area contributed by atoms with E-state index in [0.717, 1.165) is 42.1 Å². The lowest BCUT2D eigenvalue weighted by Crippen LogP contribution is -2.17. The molecule has 0 saturated heterocycles. The molecule has 0 radical (unpaired) electrons. The van der Waals surface area contributed by atoms with Gasteiger partial charge in [-0.05, 0) is 85.7 Å². The molecule has 0 fully saturated rings. The first-order chi connectivity index (χ1) is 15.8. The van der Waals surface area contributed by atoms with E-state index in [0.29, 0.717) is 12.8 Å². The fourth-order valence-electron chi connectivity index (χ4n) is 3.54. The summed E-state index contributed by atoms with van der Waals surface area (Å²) in [7, 11) is -3.91. The number of rotatable bonds is 18. The number of hydrogen-bond donors (Lipinski definition) is 2. The van der Waals surface area contributed by atoms with Crippen LogP contribution < -0.4 is 5.14 Å². The second-order valence-electron chi connectivity index (χ2n) is 8.46. The van der Waals surface area contributed by atoms with Gasteiger partial charge in [0.2, 0.25) is 10.0 Å². The van der Waals surface area contributed by atoms with E-state index < -0.39 is 10.0 Å². The van der Waals surface area contributed by atoms with Gasteiger partial charge in [-0.1, -0.05) is 63.3 Å². The summed E-state index contributed by atoms with van der Waals surface area (Å²) in [5.41, 5.74) is 0.191. The normalized spacial score (nSPS) is 13.2. The molecule has 0 heterocycles. The molecule has 5 nitrogen and oxygen atoms in total. The van der Waals surface area contributed by atoms with Crippen LogP contribution in [0.1, 0.15) is 101 Å². The van der Waals surface area contributed by atoms with E-state index in [-0.39, 0.29) is 22.3 Å². The van der Waals surface area contributed by atoms with E-state index in [1.54, 1.807) is 12.1 Å². The molecule has 0 amide bonds. The maximum absolute atomic E-state index is 12.5. The molecule has 33 heavy (non-hydrogen) atoms. The van der Waals surface area contributed by atoms with E-state index in [1.807, 2.05) is 6.08 Å². The summed E-state index contributed by atoms with van der Waals surface area (Å²) in [4.78, 5) is 12.4. The maximum Gasteiger partial charge on any atom is 0.238 e. The minimum Gasteiger partial charge on any atom is -0.389 e. The molecule has 3 N–H and O–H groups in total. The third-order valence-corrected chi connectivity index (χ3v) is 7.08. The van der Waals surface area contributed by atoms with Crippen molar-refractivity contribution in [2.24, 2.45) is 5.14 Å². The topological polar surface area (TPSA) is 97.5 Å². The number of halogens is 1. The van der Waals surface area contributed by atoms with E-state index in [2.05, 4.69) is 47.7 Å². The molecule has 1 aromatic carbocycles. The highest BCUT2D eigenvalue weighted by atomic mass is 127. The first-order valence-corrected chi connectivity index (χ1v) is 14.7. The fourth-order valence-corrected chi connectivity index (χ4v) is 4.76. The van der Waals surface area contributed by atoms with Gasteiger partial charge in [0.25, 0.3) is 0 Å². The number of hydrogen-bond acceptors (Lipinski definition) is 4. The molecule has 1 aromatic rings. The fraction of sp³-hybridized carbons (Fsp3) is 0.577. The summed E-state index contributed by atoms with van der Waals surface area (Å²) in [5, 5.41) is 15.0. The summed E-state index contributed by atoms with van der Waals surface area (Å²) in [5.74, 6) is -0.184. The Balaban J connectivity index is 2.12. The standard InChI is InChI=1S/C26H40INO4S/c1-2-3-16-23(29)17-14-12-10-8-6-4-5-7-9-11-13-15-18-25(30)24-21-22(27)19-20-26(24)33(28,31)32/h9,11,14,17,19-21,23,29H,2-8,10,12-13,15-16,18H2,1H3,(H2,28,31,32)/t23-/m1/s1. The zero-order chi connectivity index (χ0) is 24.5. The number of primary sulfonamides is 1. The van der Waals surface area contributed by atoms with Crippen LogP contribution in [-0.4, -0.2) is 25.4 Å². The summed E-state index contributed by atoms with van der Waals surface area (Å²) in [6.45, 7) is 2.14. The monoisotopic (exact) mass is 589 g/mol. The number of carbonyl (C=O) groups excluding carboxylic acids is 1. The third kappa shape index (κ3) is 14.1. The van der Waals surface area contributed by atoms with Gasteiger partial charge >= 0.3 is 0 Å². The number of ketones is 1. The Hall–Kier alpha value is -1.03. The lowest BCUT2D eigenvalue weighted by Gasteiger charge is -2.07. The molecule has 186 valence electrons. The van der Waals surface area contributed by atoms with Crippen LogP contribution in [0, 0.1) is 3.57 Å². The molecule has 0 aliphatic heterocycles. The number of Topliss-reactive ketones (excluding diaryl/α,β-unsaturated/α-hetero) is 1. The van der Waals surface area contributed by atoms with E-state index in [9.17, 15) is 18.3 Å². The Labute approximate surface area is 214 Å². The third-order valence-electron chi connectivity index (χ3n) is 5.44. The average Bonchev–Trinajstić information content (AvgIpc) is 2.76. The number of nitrogens with two attached hydrogens (primary N) is 1. The summed E-state index contributed by atoms with van der Waals surface area (Å²) in [6.07, 6.45) is 21.0. The molecule has 0 aliphatic carbocycles. The quantitative estimate of drug-likeness (QED) is 0.0864. The highest BCUT2D eigenvalue weighted by Gasteiger charge is 2.19. The van der Waals surface area contributed by atoms with Crippen LogP contribution in [0.5, 0.6) is 0 Å². The van der Waals surface area contributed by atoms with Crippen molar-refractivity contribution in [2.75, 3.05) is 0 Å². The zero-order valence-corrected chi connectivity index (χ0v) is 22.8. The van der Waals surface area contributed by atoms with Crippen LogP contribution in [0.15, 0.2) is 47.4 Å². The number of allylic oxidation sites excluding steroid dienone is 3. The molecule has 0 aliphatic rings. The molecule has 0 aromatic heterocycles. The van der Waals surface area contributed by atoms with Crippen LogP contribution in [0.4, 0.5) is 0 Å². The predicted molar refractivity (Wildman–Crippen MR) is 145 cm³/mol. The average molecular weight is 590 g/mol. The smallest absolute Gasteiger partial charge is 0.238 e. The van der Waals surface area contributed by atoms with Crippen LogP contribution >= 0.6 is 22.6 Å². The first-order valence-electron chi connectivity index (χ1n) is 12.1. The molecule has 0 unspecified atom stereocenters. The van der Waals surface area contributed by atoms with Crippen LogP contribution in [0.25, 0.3) is 0 Å². The number of aliphatic hydroxyl groups is 1. The van der Waals surface area contributed by atoms with Crippen molar-refractivity contribution in [3.05, 3.63) is 51.6 Å². The predicted octanol–water partition coefficient (Wildman–Crippen LogP) is 6.69. The van der Waals surface area contributed by atoms with Gasteiger partial charge < -0.3 is 5.11 Å². The summed E-state index contributed by atoms with van der Waals surface area (Å²) in [6, 6.07) is 4.63. The first kappa shape index (κ1) is 30.0. The summed E-state index contributed by atoms with van der Waals surface area (Å²) < 4.78 is 24.2. The SMILES string of the molecule is CCCC[C@@H](O)C=CCCCCCCCC=CCCCC(=O)c1cc(I)ccc1S(N)(=O)=O. The van der Waals surface area contributed by atoms with Crippen molar-refractivity contribution >= 4 is 38.4 Å². The highest BCUT2D eigenvalue weighted by Crippen LogP contribution is 2.20. The van der Waals surface area contributed by atoms with Crippen LogP contribution in [0.2, 0.25) is 0 Å². The van der Waals surface area contributed by atoms with E-state index >= 15 is 0 Å². The van der Waals surface area contributed by atoms with Crippen molar-refractivity contribution in [3.63, 3.8) is 0 Å². The minimum absolute atomic E-state index is 0.0935. The number of aliphatic hydroxyl groups excluding tert-OH is 1. The Morgan fingerprint density at radius 3 is 2.24 bits per heavy atom. The summed E-state index contributed by atoms with van der Waals surface area (Å²) >= 11 is 2.06. The Bertz CT molecular complexity index is 865. The van der Waals surface area contributed by atoms with Crippen molar-refractivity contribution in [1.82, 2.24) is 0 Å². The van der Waals surface area contributed by atoms with Gasteiger partial charge in [0, 0.05) is 15.6 Å². The van der Waals surface area contributed by atoms with Gasteiger partial charge in [-0.15, -0.1) is 0 Å².